The van der Waals surface area contributed by atoms with Gasteiger partial charge < -0.3 is 10.6 Å². The third-order valence-electron chi connectivity index (χ3n) is 3.58. The van der Waals surface area contributed by atoms with Crippen LogP contribution in [0.15, 0.2) is 23.4 Å². The fraction of sp³-hybridized carbons (Fsp3) is 0.312. The molecule has 0 bridgehead atoms. The van der Waals surface area contributed by atoms with Gasteiger partial charge in [0.1, 0.15) is 0 Å². The van der Waals surface area contributed by atoms with Crippen LogP contribution in [-0.2, 0) is 16.2 Å². The Morgan fingerprint density at radius 3 is 2.60 bits per heavy atom. The first-order chi connectivity index (χ1) is 11.7. The van der Waals surface area contributed by atoms with Crippen molar-refractivity contribution in [1.82, 2.24) is 9.78 Å². The number of aryl methyl sites for hydroxylation is 1. The Kier molecular flexibility index (Phi) is 6.32. The molecule has 0 spiro atoms. The first-order valence-electron chi connectivity index (χ1n) is 7.40. The number of aromatic nitrogens is 2. The van der Waals surface area contributed by atoms with Gasteiger partial charge in [0, 0.05) is 10.6 Å². The second-order valence-corrected chi connectivity index (χ2v) is 6.80. The third-order valence-corrected chi connectivity index (χ3v) is 4.68. The number of oxime groups is 1. The average molecular weight is 404 g/mol. The maximum atomic E-state index is 12.1. The minimum atomic E-state index is -0.545. The van der Waals surface area contributed by atoms with E-state index in [1.54, 1.807) is 30.7 Å². The number of carbonyl (C=O) groups is 1. The largest absolute Gasteiger partial charge is 0.380 e. The molecule has 0 amide bonds. The van der Waals surface area contributed by atoms with E-state index >= 15 is 0 Å². The average Bonchev–Trinajstić information content (AvgIpc) is 2.79. The predicted molar refractivity (Wildman–Crippen MR) is 99.2 cm³/mol. The Morgan fingerprint density at radius 1 is 1.36 bits per heavy atom. The molecule has 25 heavy (non-hydrogen) atoms. The van der Waals surface area contributed by atoms with Crippen LogP contribution in [0.2, 0.25) is 15.1 Å². The number of halogens is 3. The highest BCUT2D eigenvalue weighted by Gasteiger charge is 2.19. The summed E-state index contributed by atoms with van der Waals surface area (Å²) in [6.45, 7) is 5.65. The molecule has 1 atom stereocenters. The van der Waals surface area contributed by atoms with Crippen molar-refractivity contribution in [3.63, 3.8) is 0 Å². The lowest BCUT2D eigenvalue weighted by Crippen LogP contribution is -2.22. The molecular formula is C16H17Cl3N4O2. The van der Waals surface area contributed by atoms with Gasteiger partial charge in [-0.2, -0.15) is 5.10 Å². The molecule has 0 fully saturated rings. The summed E-state index contributed by atoms with van der Waals surface area (Å²) >= 11 is 18.0. The molecule has 0 aliphatic carbocycles. The molecule has 2 N–H and O–H groups in total. The van der Waals surface area contributed by atoms with Crippen LogP contribution in [0.5, 0.6) is 0 Å². The Hall–Kier alpha value is -1.76. The molecule has 0 aliphatic rings. The Bertz CT molecular complexity index is 833. The Morgan fingerprint density at radius 2 is 2.04 bits per heavy atom. The number of hydrogen-bond acceptors (Lipinski definition) is 4. The minimum absolute atomic E-state index is 0.0172. The normalized spacial score (nSPS) is 13.0. The molecule has 1 unspecified atom stereocenters. The molecule has 2 aromatic rings. The van der Waals surface area contributed by atoms with E-state index in [2.05, 4.69) is 10.3 Å². The van der Waals surface area contributed by atoms with Crippen molar-refractivity contribution in [3.8, 4) is 0 Å². The van der Waals surface area contributed by atoms with Crippen LogP contribution in [0.1, 0.15) is 23.9 Å². The van der Waals surface area contributed by atoms with E-state index in [1.807, 2.05) is 6.92 Å². The lowest BCUT2D eigenvalue weighted by molar-refractivity contribution is -0.148. The minimum Gasteiger partial charge on any atom is -0.380 e. The molecule has 6 nitrogen and oxygen atoms in total. The molecule has 1 aromatic carbocycles. The van der Waals surface area contributed by atoms with Gasteiger partial charge >= 0.3 is 5.97 Å². The molecule has 0 saturated carbocycles. The predicted octanol–water partition coefficient (Wildman–Crippen LogP) is 3.96. The van der Waals surface area contributed by atoms with Crippen molar-refractivity contribution in [3.05, 3.63) is 50.2 Å². The number of nitrogens with zero attached hydrogens (tertiary/aromatic N) is 3. The molecule has 1 heterocycles. The van der Waals surface area contributed by atoms with Crippen LogP contribution in [0.3, 0.4) is 0 Å². The smallest absolute Gasteiger partial charge is 0.339 e. The van der Waals surface area contributed by atoms with Crippen LogP contribution in [0, 0.1) is 19.8 Å². The van der Waals surface area contributed by atoms with Crippen molar-refractivity contribution >= 4 is 46.6 Å². The zero-order valence-electron chi connectivity index (χ0n) is 13.9. The first kappa shape index (κ1) is 19.6. The van der Waals surface area contributed by atoms with Gasteiger partial charge in [-0.05, 0) is 32.0 Å². The maximum absolute atomic E-state index is 12.1. The maximum Gasteiger partial charge on any atom is 0.339 e. The molecule has 0 saturated heterocycles. The number of carbonyl (C=O) groups excluding carboxylic acids is 1. The van der Waals surface area contributed by atoms with Crippen LogP contribution in [0.4, 0.5) is 0 Å². The van der Waals surface area contributed by atoms with Gasteiger partial charge in [0.05, 0.1) is 33.9 Å². The lowest BCUT2D eigenvalue weighted by atomic mass is 10.2. The number of hydrogen-bond donors (Lipinski definition) is 1. The highest BCUT2D eigenvalue weighted by molar-refractivity contribution is 6.36. The summed E-state index contributed by atoms with van der Waals surface area (Å²) in [5.41, 5.74) is 7.73. The van der Waals surface area contributed by atoms with Crippen molar-refractivity contribution < 1.29 is 9.63 Å². The van der Waals surface area contributed by atoms with E-state index in [9.17, 15) is 4.79 Å². The third kappa shape index (κ3) is 4.66. The van der Waals surface area contributed by atoms with E-state index in [0.29, 0.717) is 32.9 Å². The summed E-state index contributed by atoms with van der Waals surface area (Å²) < 4.78 is 1.66. The Labute approximate surface area is 160 Å². The van der Waals surface area contributed by atoms with Gasteiger partial charge in [0.2, 0.25) is 0 Å². The molecular weight excluding hydrogens is 387 g/mol. The van der Waals surface area contributed by atoms with Crippen molar-refractivity contribution in [1.29, 1.82) is 0 Å². The van der Waals surface area contributed by atoms with Gasteiger partial charge in [-0.3, -0.25) is 4.68 Å². The number of amidine groups is 1. The summed E-state index contributed by atoms with van der Waals surface area (Å²) in [6, 6.07) is 4.73. The molecule has 2 rings (SSSR count). The van der Waals surface area contributed by atoms with Crippen molar-refractivity contribution in [2.45, 2.75) is 27.3 Å². The van der Waals surface area contributed by atoms with Crippen LogP contribution in [-0.4, -0.2) is 21.6 Å². The van der Waals surface area contributed by atoms with Crippen molar-refractivity contribution in [2.24, 2.45) is 16.8 Å². The fourth-order valence-electron chi connectivity index (χ4n) is 2.12. The van der Waals surface area contributed by atoms with Gasteiger partial charge in [0.25, 0.3) is 0 Å². The summed E-state index contributed by atoms with van der Waals surface area (Å²) in [4.78, 5) is 17.0. The van der Waals surface area contributed by atoms with E-state index < -0.39 is 11.9 Å². The van der Waals surface area contributed by atoms with Gasteiger partial charge in [-0.15, -0.1) is 0 Å². The zero-order valence-corrected chi connectivity index (χ0v) is 16.2. The number of rotatable bonds is 5. The highest BCUT2D eigenvalue weighted by atomic mass is 35.5. The van der Waals surface area contributed by atoms with Crippen LogP contribution < -0.4 is 5.73 Å². The van der Waals surface area contributed by atoms with Crippen LogP contribution >= 0.6 is 34.8 Å². The molecule has 0 aliphatic heterocycles. The standard InChI is InChI=1S/C16H17Cl3N4O2/c1-8(7-23-10(3)14(19)9(2)21-23)16(24)25-22-15(20)12-5-4-11(17)6-13(12)18/h4-6,8H,7H2,1-3H3,(H2,20,22). The van der Waals surface area contributed by atoms with E-state index in [1.165, 1.54) is 6.07 Å². The summed E-state index contributed by atoms with van der Waals surface area (Å²) in [6.07, 6.45) is 0. The SMILES string of the molecule is Cc1nn(CC(C)C(=O)O/N=C(\N)c2ccc(Cl)cc2Cl)c(C)c1Cl. The van der Waals surface area contributed by atoms with E-state index in [4.69, 9.17) is 45.4 Å². The summed E-state index contributed by atoms with van der Waals surface area (Å²) in [5.74, 6) is -1.06. The van der Waals surface area contributed by atoms with Gasteiger partial charge in [-0.25, -0.2) is 4.79 Å². The monoisotopic (exact) mass is 402 g/mol. The Balaban J connectivity index is 2.04. The van der Waals surface area contributed by atoms with E-state index in [0.717, 1.165) is 5.69 Å². The molecule has 134 valence electrons. The fourth-order valence-corrected chi connectivity index (χ4v) is 2.76. The lowest BCUT2D eigenvalue weighted by Gasteiger charge is -2.10. The molecule has 0 radical (unpaired) electrons. The second kappa shape index (κ2) is 8.08. The molecule has 1 aromatic heterocycles. The van der Waals surface area contributed by atoms with Crippen LogP contribution in [0.25, 0.3) is 0 Å². The number of benzene rings is 1. The van der Waals surface area contributed by atoms with E-state index in [-0.39, 0.29) is 5.84 Å². The first-order valence-corrected chi connectivity index (χ1v) is 8.53. The zero-order chi connectivity index (χ0) is 18.7. The highest BCUT2D eigenvalue weighted by Crippen LogP contribution is 2.21. The topological polar surface area (TPSA) is 82.5 Å². The number of nitrogens with two attached hydrogens (primary N) is 1. The molecule has 9 heteroatoms. The summed E-state index contributed by atoms with van der Waals surface area (Å²) in [5, 5.41) is 9.30. The van der Waals surface area contributed by atoms with Crippen molar-refractivity contribution in [2.75, 3.05) is 0 Å². The second-order valence-electron chi connectivity index (χ2n) is 5.58. The quantitative estimate of drug-likeness (QED) is 0.354. The van der Waals surface area contributed by atoms with Gasteiger partial charge in [0.15, 0.2) is 5.84 Å². The summed E-state index contributed by atoms with van der Waals surface area (Å²) in [7, 11) is 0. The van der Waals surface area contributed by atoms with Gasteiger partial charge in [-0.1, -0.05) is 46.9 Å².